The third-order valence-electron chi connectivity index (χ3n) is 3.98. The van der Waals surface area contributed by atoms with Crippen LogP contribution in [0.15, 0.2) is 53.3 Å². The minimum Gasteiger partial charge on any atom is -0.278 e. The standard InChI is InChI=1S/C17H13ClN4O2/c1-20-17(24)22-13-8-7-11(18)9-14(13)21(12-5-3-2-4-6-12)16(23)10-15(22)19-20/h2-9H,10H2,1H3. The van der Waals surface area contributed by atoms with E-state index in [1.807, 2.05) is 30.3 Å². The molecule has 0 radical (unpaired) electrons. The molecule has 0 N–H and O–H groups in total. The number of hydrogen-bond donors (Lipinski definition) is 0. The molecule has 0 atom stereocenters. The molecule has 0 spiro atoms. The first kappa shape index (κ1) is 14.7. The molecule has 0 aliphatic carbocycles. The molecule has 7 heteroatoms. The summed E-state index contributed by atoms with van der Waals surface area (Å²) in [5.74, 6) is 0.239. The van der Waals surface area contributed by atoms with Crippen LogP contribution < -0.4 is 10.6 Å². The number of fused-ring (bicyclic) bond motifs is 3. The van der Waals surface area contributed by atoms with Crippen molar-refractivity contribution in [2.45, 2.75) is 6.42 Å². The lowest BCUT2D eigenvalue weighted by Crippen LogP contribution is -2.27. The lowest BCUT2D eigenvalue weighted by molar-refractivity contribution is -0.117. The van der Waals surface area contributed by atoms with Gasteiger partial charge in [0.25, 0.3) is 0 Å². The number of rotatable bonds is 1. The van der Waals surface area contributed by atoms with E-state index in [-0.39, 0.29) is 18.0 Å². The molecule has 3 aromatic rings. The molecular weight excluding hydrogens is 328 g/mol. The van der Waals surface area contributed by atoms with E-state index in [2.05, 4.69) is 5.10 Å². The van der Waals surface area contributed by atoms with Crippen LogP contribution in [-0.4, -0.2) is 20.3 Å². The molecule has 0 saturated heterocycles. The first-order valence-corrected chi connectivity index (χ1v) is 7.77. The van der Waals surface area contributed by atoms with Gasteiger partial charge in [0.15, 0.2) is 0 Å². The van der Waals surface area contributed by atoms with Crippen LogP contribution in [0, 0.1) is 0 Å². The van der Waals surface area contributed by atoms with Crippen molar-refractivity contribution in [3.63, 3.8) is 0 Å². The Morgan fingerprint density at radius 1 is 1.04 bits per heavy atom. The van der Waals surface area contributed by atoms with E-state index in [0.717, 1.165) is 0 Å². The summed E-state index contributed by atoms with van der Waals surface area (Å²) in [6.07, 6.45) is 0.0251. The van der Waals surface area contributed by atoms with Crippen LogP contribution in [0.4, 0.5) is 11.4 Å². The number of aromatic nitrogens is 3. The molecule has 0 fully saturated rings. The second-order valence-corrected chi connectivity index (χ2v) is 5.97. The summed E-state index contributed by atoms with van der Waals surface area (Å²) in [6, 6.07) is 14.4. The van der Waals surface area contributed by atoms with Crippen LogP contribution in [0.2, 0.25) is 5.02 Å². The average Bonchev–Trinajstić information content (AvgIpc) is 2.77. The van der Waals surface area contributed by atoms with Gasteiger partial charge in [-0.25, -0.2) is 14.0 Å². The van der Waals surface area contributed by atoms with Crippen molar-refractivity contribution in [1.29, 1.82) is 0 Å². The number of aryl methyl sites for hydroxylation is 1. The largest absolute Gasteiger partial charge is 0.350 e. The zero-order valence-electron chi connectivity index (χ0n) is 12.8. The number of anilines is 2. The normalized spacial score (nSPS) is 13.4. The fourth-order valence-corrected chi connectivity index (χ4v) is 3.11. The predicted octanol–water partition coefficient (Wildman–Crippen LogP) is 2.45. The van der Waals surface area contributed by atoms with Gasteiger partial charge in [-0.3, -0.25) is 9.69 Å². The first-order chi connectivity index (χ1) is 11.6. The Morgan fingerprint density at radius 3 is 2.54 bits per heavy atom. The quantitative estimate of drug-likeness (QED) is 0.683. The molecule has 1 aliphatic heterocycles. The highest BCUT2D eigenvalue weighted by molar-refractivity contribution is 6.31. The molecule has 2 heterocycles. The van der Waals surface area contributed by atoms with Crippen LogP contribution in [0.25, 0.3) is 5.69 Å². The van der Waals surface area contributed by atoms with Gasteiger partial charge >= 0.3 is 5.69 Å². The Hall–Kier alpha value is -2.86. The van der Waals surface area contributed by atoms with Crippen molar-refractivity contribution < 1.29 is 4.79 Å². The van der Waals surface area contributed by atoms with E-state index in [0.29, 0.717) is 27.9 Å². The van der Waals surface area contributed by atoms with Gasteiger partial charge in [-0.15, -0.1) is 0 Å². The smallest absolute Gasteiger partial charge is 0.278 e. The zero-order valence-corrected chi connectivity index (χ0v) is 13.6. The van der Waals surface area contributed by atoms with Crippen LogP contribution in [0.5, 0.6) is 0 Å². The van der Waals surface area contributed by atoms with Crippen LogP contribution >= 0.6 is 11.6 Å². The van der Waals surface area contributed by atoms with Crippen LogP contribution in [0.3, 0.4) is 0 Å². The van der Waals surface area contributed by atoms with Crippen LogP contribution in [-0.2, 0) is 18.3 Å². The van der Waals surface area contributed by atoms with Crippen molar-refractivity contribution in [3.8, 4) is 5.69 Å². The first-order valence-electron chi connectivity index (χ1n) is 7.39. The van der Waals surface area contributed by atoms with E-state index in [9.17, 15) is 9.59 Å². The zero-order chi connectivity index (χ0) is 16.8. The van der Waals surface area contributed by atoms with E-state index in [1.165, 1.54) is 9.25 Å². The van der Waals surface area contributed by atoms with Gasteiger partial charge in [0, 0.05) is 17.8 Å². The highest BCUT2D eigenvalue weighted by Crippen LogP contribution is 2.35. The lowest BCUT2D eigenvalue weighted by atomic mass is 10.2. The third-order valence-corrected chi connectivity index (χ3v) is 4.22. The van der Waals surface area contributed by atoms with E-state index >= 15 is 0 Å². The lowest BCUT2D eigenvalue weighted by Gasteiger charge is -2.23. The average molecular weight is 341 g/mol. The molecule has 0 saturated carbocycles. The van der Waals surface area contributed by atoms with Gasteiger partial charge in [0.1, 0.15) is 5.82 Å². The van der Waals surface area contributed by atoms with E-state index in [4.69, 9.17) is 11.6 Å². The number of nitrogens with zero attached hydrogens (tertiary/aromatic N) is 4. The Balaban J connectivity index is 2.05. The number of para-hydroxylation sites is 1. The number of hydrogen-bond acceptors (Lipinski definition) is 3. The van der Waals surface area contributed by atoms with Crippen molar-refractivity contribution >= 4 is 28.9 Å². The van der Waals surface area contributed by atoms with Crippen molar-refractivity contribution in [2.24, 2.45) is 7.05 Å². The van der Waals surface area contributed by atoms with E-state index in [1.54, 1.807) is 30.1 Å². The van der Waals surface area contributed by atoms with Crippen LogP contribution in [0.1, 0.15) is 5.82 Å². The molecule has 4 rings (SSSR count). The Morgan fingerprint density at radius 2 is 1.79 bits per heavy atom. The summed E-state index contributed by atoms with van der Waals surface area (Å²) in [7, 11) is 1.57. The Labute approximate surface area is 142 Å². The maximum absolute atomic E-state index is 12.9. The second kappa shape index (κ2) is 5.35. The highest BCUT2D eigenvalue weighted by Gasteiger charge is 2.30. The van der Waals surface area contributed by atoms with Crippen molar-refractivity contribution in [3.05, 3.63) is 69.9 Å². The summed E-state index contributed by atoms with van der Waals surface area (Å²) in [4.78, 5) is 26.9. The molecule has 0 bridgehead atoms. The van der Waals surface area contributed by atoms with Gasteiger partial charge in [-0.1, -0.05) is 29.8 Å². The minimum absolute atomic E-state index is 0.0251. The predicted molar refractivity (Wildman–Crippen MR) is 91.1 cm³/mol. The van der Waals surface area contributed by atoms with Crippen molar-refractivity contribution in [2.75, 3.05) is 4.90 Å². The number of benzene rings is 2. The number of halogens is 1. The molecule has 0 unspecified atom stereocenters. The van der Waals surface area contributed by atoms with Gasteiger partial charge in [-0.05, 0) is 30.3 Å². The molecule has 1 aromatic heterocycles. The van der Waals surface area contributed by atoms with Gasteiger partial charge in [0.05, 0.1) is 17.8 Å². The summed E-state index contributed by atoms with van der Waals surface area (Å²) < 4.78 is 2.70. The SMILES string of the molecule is Cn1nc2n(c1=O)-c1ccc(Cl)cc1N(c1ccccc1)C(=O)C2. The monoisotopic (exact) mass is 340 g/mol. The number of carbonyl (C=O) groups is 1. The molecule has 1 amide bonds. The fraction of sp³-hybridized carbons (Fsp3) is 0.118. The Bertz CT molecular complexity index is 1010. The molecule has 2 aromatic carbocycles. The molecule has 1 aliphatic rings. The third kappa shape index (κ3) is 2.15. The van der Waals surface area contributed by atoms with Gasteiger partial charge in [-0.2, -0.15) is 5.10 Å². The van der Waals surface area contributed by atoms with Gasteiger partial charge < -0.3 is 0 Å². The Kier molecular flexibility index (Phi) is 3.28. The van der Waals surface area contributed by atoms with Gasteiger partial charge in [0.2, 0.25) is 5.91 Å². The highest BCUT2D eigenvalue weighted by atomic mass is 35.5. The molecule has 6 nitrogen and oxygen atoms in total. The van der Waals surface area contributed by atoms with E-state index < -0.39 is 0 Å². The summed E-state index contributed by atoms with van der Waals surface area (Å²) in [5, 5.41) is 4.69. The van der Waals surface area contributed by atoms with Crippen molar-refractivity contribution in [1.82, 2.24) is 14.3 Å². The number of amides is 1. The maximum atomic E-state index is 12.9. The molecule has 24 heavy (non-hydrogen) atoms. The molecule has 120 valence electrons. The summed E-state index contributed by atoms with van der Waals surface area (Å²) >= 11 is 6.16. The summed E-state index contributed by atoms with van der Waals surface area (Å²) in [5.41, 5.74) is 1.57. The topological polar surface area (TPSA) is 60.1 Å². The summed E-state index contributed by atoms with van der Waals surface area (Å²) in [6.45, 7) is 0. The number of carbonyl (C=O) groups excluding carboxylic acids is 1. The fourth-order valence-electron chi connectivity index (χ4n) is 2.95. The minimum atomic E-state index is -0.295. The molecular formula is C17H13ClN4O2. The second-order valence-electron chi connectivity index (χ2n) is 5.53. The maximum Gasteiger partial charge on any atom is 0.350 e.